The van der Waals surface area contributed by atoms with Crippen molar-refractivity contribution in [1.82, 2.24) is 9.62 Å². The Balaban J connectivity index is 1.53. The van der Waals surface area contributed by atoms with Crippen molar-refractivity contribution in [1.29, 1.82) is 0 Å². The second-order valence-corrected chi connectivity index (χ2v) is 9.36. The van der Waals surface area contributed by atoms with Crippen molar-refractivity contribution in [2.45, 2.75) is 38.8 Å². The Morgan fingerprint density at radius 2 is 2.07 bits per heavy atom. The van der Waals surface area contributed by atoms with Crippen LogP contribution in [0.2, 0.25) is 0 Å². The predicted molar refractivity (Wildman–Crippen MR) is 105 cm³/mol. The van der Waals surface area contributed by atoms with E-state index in [-0.39, 0.29) is 37.0 Å². The number of nitrogens with zero attached hydrogens (tertiary/aromatic N) is 2. The summed E-state index contributed by atoms with van der Waals surface area (Å²) >= 11 is 0. The van der Waals surface area contributed by atoms with Gasteiger partial charge in [-0.25, -0.2) is 13.1 Å². The zero-order chi connectivity index (χ0) is 19.4. The van der Waals surface area contributed by atoms with Crippen molar-refractivity contribution < 1.29 is 17.9 Å². The van der Waals surface area contributed by atoms with E-state index < -0.39 is 10.0 Å². The maximum atomic E-state index is 12.6. The lowest BCUT2D eigenvalue weighted by molar-refractivity contribution is -0.130. The number of amides is 1. The first kappa shape index (κ1) is 20.1. The Kier molecular flexibility index (Phi) is 6.39. The van der Waals surface area contributed by atoms with Gasteiger partial charge in [-0.15, -0.1) is 0 Å². The number of rotatable bonds is 7. The minimum absolute atomic E-state index is 0.0163. The maximum absolute atomic E-state index is 12.6. The van der Waals surface area contributed by atoms with Gasteiger partial charge in [-0.05, 0) is 38.3 Å². The number of sulfonamides is 1. The lowest BCUT2D eigenvalue weighted by Gasteiger charge is -2.27. The van der Waals surface area contributed by atoms with Crippen LogP contribution in [0.3, 0.4) is 0 Å². The number of anilines is 1. The summed E-state index contributed by atoms with van der Waals surface area (Å²) in [4.78, 5) is 16.8. The molecule has 150 valence electrons. The molecule has 27 heavy (non-hydrogen) atoms. The van der Waals surface area contributed by atoms with Crippen LogP contribution in [-0.2, 0) is 26.0 Å². The fourth-order valence-corrected chi connectivity index (χ4v) is 4.55. The van der Waals surface area contributed by atoms with E-state index in [4.69, 9.17) is 4.74 Å². The molecule has 2 heterocycles. The van der Waals surface area contributed by atoms with Crippen molar-refractivity contribution >= 4 is 21.6 Å². The van der Waals surface area contributed by atoms with Crippen molar-refractivity contribution in [2.75, 3.05) is 43.4 Å². The van der Waals surface area contributed by atoms with Gasteiger partial charge in [0.1, 0.15) is 0 Å². The first-order chi connectivity index (χ1) is 12.9. The predicted octanol–water partition coefficient (Wildman–Crippen LogP) is 0.994. The molecule has 1 aromatic carbocycles. The highest BCUT2D eigenvalue weighted by molar-refractivity contribution is 7.89. The van der Waals surface area contributed by atoms with Gasteiger partial charge in [-0.3, -0.25) is 4.79 Å². The van der Waals surface area contributed by atoms with Crippen LogP contribution in [0.25, 0.3) is 0 Å². The largest absolute Gasteiger partial charge is 0.378 e. The van der Waals surface area contributed by atoms with E-state index in [1.165, 1.54) is 11.3 Å². The van der Waals surface area contributed by atoms with Gasteiger partial charge in [-0.2, -0.15) is 0 Å². The van der Waals surface area contributed by atoms with Crippen LogP contribution in [-0.4, -0.2) is 69.9 Å². The SMILES string of the molecule is CC(C)OCCS(=O)(=O)NCC(=O)N1CCCN2c3ccccc3CC2C1. The molecular weight excluding hydrogens is 366 g/mol. The Morgan fingerprint density at radius 3 is 2.85 bits per heavy atom. The number of para-hydroxylation sites is 1. The highest BCUT2D eigenvalue weighted by atomic mass is 32.2. The highest BCUT2D eigenvalue weighted by Gasteiger charge is 2.33. The smallest absolute Gasteiger partial charge is 0.237 e. The second-order valence-electron chi connectivity index (χ2n) is 7.43. The molecule has 0 radical (unpaired) electrons. The summed E-state index contributed by atoms with van der Waals surface area (Å²) in [7, 11) is -3.51. The highest BCUT2D eigenvalue weighted by Crippen LogP contribution is 2.33. The molecule has 1 unspecified atom stereocenters. The standard InChI is InChI=1S/C19H29N3O4S/c1-15(2)26-10-11-27(24,25)20-13-19(23)21-8-5-9-22-17(14-21)12-16-6-3-4-7-18(16)22/h3-4,6-7,15,17,20H,5,8-14H2,1-2H3. The summed E-state index contributed by atoms with van der Waals surface area (Å²) in [6.45, 7) is 5.85. The molecular formula is C19H29N3O4S. The van der Waals surface area contributed by atoms with Gasteiger partial charge in [0, 0.05) is 25.3 Å². The number of hydrogen-bond donors (Lipinski definition) is 1. The summed E-state index contributed by atoms with van der Waals surface area (Å²) in [5.41, 5.74) is 2.59. The van der Waals surface area contributed by atoms with E-state index in [1.807, 2.05) is 26.0 Å². The summed E-state index contributed by atoms with van der Waals surface area (Å²) in [5.74, 6) is -0.300. The maximum Gasteiger partial charge on any atom is 0.237 e. The van der Waals surface area contributed by atoms with Crippen molar-refractivity contribution in [3.63, 3.8) is 0 Å². The zero-order valence-electron chi connectivity index (χ0n) is 16.1. The van der Waals surface area contributed by atoms with Crippen LogP contribution in [0.5, 0.6) is 0 Å². The molecule has 0 aliphatic carbocycles. The van der Waals surface area contributed by atoms with Gasteiger partial charge < -0.3 is 14.5 Å². The summed E-state index contributed by atoms with van der Waals surface area (Å²) in [5, 5.41) is 0. The van der Waals surface area contributed by atoms with Crippen LogP contribution >= 0.6 is 0 Å². The van der Waals surface area contributed by atoms with Crippen LogP contribution < -0.4 is 9.62 Å². The molecule has 0 spiro atoms. The van der Waals surface area contributed by atoms with Crippen LogP contribution in [0, 0.1) is 0 Å². The van der Waals surface area contributed by atoms with Crippen LogP contribution in [0.4, 0.5) is 5.69 Å². The van der Waals surface area contributed by atoms with E-state index in [2.05, 4.69) is 21.8 Å². The molecule has 1 saturated heterocycles. The van der Waals surface area contributed by atoms with Crippen LogP contribution in [0.15, 0.2) is 24.3 Å². The van der Waals surface area contributed by atoms with Crippen molar-refractivity contribution in [3.05, 3.63) is 29.8 Å². The third kappa shape index (κ3) is 5.21. The number of fused-ring (bicyclic) bond motifs is 3. The topological polar surface area (TPSA) is 78.9 Å². The van der Waals surface area contributed by atoms with Gasteiger partial charge in [0.2, 0.25) is 15.9 Å². The minimum atomic E-state index is -3.51. The Labute approximate surface area is 161 Å². The number of ether oxygens (including phenoxy) is 1. The molecule has 0 aromatic heterocycles. The first-order valence-electron chi connectivity index (χ1n) is 9.57. The van der Waals surface area contributed by atoms with E-state index in [1.54, 1.807) is 4.90 Å². The average molecular weight is 396 g/mol. The summed E-state index contributed by atoms with van der Waals surface area (Å²) in [6, 6.07) is 8.65. The molecule has 8 heteroatoms. The normalized spacial score (nSPS) is 19.7. The van der Waals surface area contributed by atoms with Crippen LogP contribution in [0.1, 0.15) is 25.8 Å². The molecule has 1 fully saturated rings. The van der Waals surface area contributed by atoms with E-state index in [0.29, 0.717) is 13.1 Å². The van der Waals surface area contributed by atoms with Gasteiger partial charge in [0.05, 0.1) is 31.1 Å². The lowest BCUT2D eigenvalue weighted by atomic mass is 10.1. The molecule has 3 rings (SSSR count). The van der Waals surface area contributed by atoms with E-state index in [0.717, 1.165) is 19.4 Å². The van der Waals surface area contributed by atoms with E-state index >= 15 is 0 Å². The Hall–Kier alpha value is -1.64. The molecule has 2 aliphatic rings. The third-order valence-corrected chi connectivity index (χ3v) is 6.34. The molecule has 0 bridgehead atoms. The molecule has 0 saturated carbocycles. The van der Waals surface area contributed by atoms with Gasteiger partial charge >= 0.3 is 0 Å². The number of carbonyl (C=O) groups is 1. The number of nitrogens with one attached hydrogen (secondary N) is 1. The Bertz CT molecular complexity index is 766. The molecule has 1 N–H and O–H groups in total. The third-order valence-electron chi connectivity index (χ3n) is 5.05. The zero-order valence-corrected chi connectivity index (χ0v) is 16.9. The quantitative estimate of drug-likeness (QED) is 0.745. The molecule has 1 aromatic rings. The first-order valence-corrected chi connectivity index (χ1v) is 11.2. The van der Waals surface area contributed by atoms with Gasteiger partial charge in [0.15, 0.2) is 0 Å². The molecule has 1 atom stereocenters. The Morgan fingerprint density at radius 1 is 1.30 bits per heavy atom. The van der Waals surface area contributed by atoms with Crippen molar-refractivity contribution in [2.24, 2.45) is 0 Å². The molecule has 2 aliphatic heterocycles. The fourth-order valence-electron chi connectivity index (χ4n) is 3.74. The molecule has 7 nitrogen and oxygen atoms in total. The average Bonchev–Trinajstić information content (AvgIpc) is 2.82. The van der Waals surface area contributed by atoms with Gasteiger partial charge in [0.25, 0.3) is 0 Å². The summed E-state index contributed by atoms with van der Waals surface area (Å²) < 4.78 is 31.7. The second kappa shape index (κ2) is 8.58. The lowest BCUT2D eigenvalue weighted by Crippen LogP contribution is -2.45. The number of hydrogen-bond acceptors (Lipinski definition) is 5. The van der Waals surface area contributed by atoms with Gasteiger partial charge in [-0.1, -0.05) is 18.2 Å². The fraction of sp³-hybridized carbons (Fsp3) is 0.632. The minimum Gasteiger partial charge on any atom is -0.378 e. The summed E-state index contributed by atoms with van der Waals surface area (Å²) in [6.07, 6.45) is 1.79. The van der Waals surface area contributed by atoms with Crippen molar-refractivity contribution in [3.8, 4) is 0 Å². The monoisotopic (exact) mass is 395 g/mol. The molecule has 1 amide bonds. The number of benzene rings is 1. The van der Waals surface area contributed by atoms with E-state index in [9.17, 15) is 13.2 Å². The number of carbonyl (C=O) groups excluding carboxylic acids is 1.